The molecule has 0 bridgehead atoms. The zero-order chi connectivity index (χ0) is 17.2. The van der Waals surface area contributed by atoms with Crippen LogP contribution in [0, 0.1) is 10.1 Å². The van der Waals surface area contributed by atoms with E-state index in [0.717, 1.165) is 36.8 Å². The van der Waals surface area contributed by atoms with Gasteiger partial charge in [-0.1, -0.05) is 36.7 Å². The summed E-state index contributed by atoms with van der Waals surface area (Å²) in [5, 5.41) is 19.8. The summed E-state index contributed by atoms with van der Waals surface area (Å²) >= 11 is 1.23. The maximum Gasteiger partial charge on any atom is 0.270 e. The molecule has 1 aromatic heterocycles. The van der Waals surface area contributed by atoms with E-state index in [4.69, 9.17) is 0 Å². The molecule has 0 amide bonds. The second-order valence-corrected chi connectivity index (χ2v) is 8.33. The van der Waals surface area contributed by atoms with Gasteiger partial charge in [0.15, 0.2) is 0 Å². The van der Waals surface area contributed by atoms with E-state index in [2.05, 4.69) is 14.9 Å². The van der Waals surface area contributed by atoms with Crippen molar-refractivity contribution in [3.8, 4) is 0 Å². The molecule has 0 aliphatic heterocycles. The van der Waals surface area contributed by atoms with E-state index in [1.807, 2.05) is 0 Å². The Morgan fingerprint density at radius 1 is 1.21 bits per heavy atom. The summed E-state index contributed by atoms with van der Waals surface area (Å²) in [5.74, 6) is 0.340. The van der Waals surface area contributed by atoms with Gasteiger partial charge in [-0.15, -0.1) is 10.2 Å². The number of sulfonamides is 1. The molecular formula is C14H16N4O4S2. The smallest absolute Gasteiger partial charge is 0.258 e. The van der Waals surface area contributed by atoms with Crippen LogP contribution in [0.2, 0.25) is 0 Å². The van der Waals surface area contributed by atoms with Gasteiger partial charge in [0, 0.05) is 18.1 Å². The van der Waals surface area contributed by atoms with E-state index in [9.17, 15) is 18.5 Å². The minimum absolute atomic E-state index is 0.175. The van der Waals surface area contributed by atoms with Gasteiger partial charge in [-0.3, -0.25) is 14.8 Å². The topological polar surface area (TPSA) is 115 Å². The Hall–Kier alpha value is -2.07. The van der Waals surface area contributed by atoms with Gasteiger partial charge in [0.05, 0.1) is 9.82 Å². The number of non-ortho nitro benzene ring substituents is 1. The SMILES string of the molecule is O=[N+]([O-])c1cccc(S(=O)(=O)Nc2nnc(C3CCCCC3)s2)c1. The van der Waals surface area contributed by atoms with Crippen LogP contribution in [0.5, 0.6) is 0 Å². The molecule has 0 spiro atoms. The molecule has 24 heavy (non-hydrogen) atoms. The number of nitro groups is 1. The Balaban J connectivity index is 1.78. The standard InChI is InChI=1S/C14H16N4O4S2/c19-18(20)11-7-4-8-12(9-11)24(21,22)17-14-16-15-13(23-14)10-5-2-1-3-6-10/h4,7-10H,1-3,5-6H2,(H,16,17). The van der Waals surface area contributed by atoms with Crippen LogP contribution < -0.4 is 4.72 Å². The molecule has 10 heteroatoms. The summed E-state index contributed by atoms with van der Waals surface area (Å²) in [6.07, 6.45) is 5.62. The fourth-order valence-electron chi connectivity index (χ4n) is 2.73. The summed E-state index contributed by atoms with van der Waals surface area (Å²) in [7, 11) is -3.93. The minimum atomic E-state index is -3.93. The lowest BCUT2D eigenvalue weighted by Gasteiger charge is -2.18. The van der Waals surface area contributed by atoms with E-state index in [-0.39, 0.29) is 15.7 Å². The van der Waals surface area contributed by atoms with Crippen LogP contribution in [-0.4, -0.2) is 23.5 Å². The van der Waals surface area contributed by atoms with E-state index >= 15 is 0 Å². The molecule has 1 fully saturated rings. The number of nitro benzene ring substituents is 1. The fraction of sp³-hybridized carbons (Fsp3) is 0.429. The monoisotopic (exact) mass is 368 g/mol. The average molecular weight is 368 g/mol. The normalized spacial score (nSPS) is 16.0. The highest BCUT2D eigenvalue weighted by Gasteiger charge is 2.23. The van der Waals surface area contributed by atoms with Gasteiger partial charge < -0.3 is 0 Å². The Bertz CT molecular complexity index is 844. The van der Waals surface area contributed by atoms with E-state index in [0.29, 0.717) is 5.92 Å². The molecule has 1 N–H and O–H groups in total. The first kappa shape index (κ1) is 16.8. The molecule has 0 radical (unpaired) electrons. The molecule has 1 heterocycles. The third kappa shape index (κ3) is 3.70. The number of benzene rings is 1. The predicted octanol–water partition coefficient (Wildman–Crippen LogP) is 3.29. The van der Waals surface area contributed by atoms with E-state index < -0.39 is 14.9 Å². The highest BCUT2D eigenvalue weighted by molar-refractivity contribution is 7.93. The van der Waals surface area contributed by atoms with Crippen LogP contribution in [0.25, 0.3) is 0 Å². The molecular weight excluding hydrogens is 352 g/mol. The highest BCUT2D eigenvalue weighted by Crippen LogP contribution is 2.35. The molecule has 2 aromatic rings. The minimum Gasteiger partial charge on any atom is -0.258 e. The van der Waals surface area contributed by atoms with Crippen LogP contribution in [0.4, 0.5) is 10.8 Å². The van der Waals surface area contributed by atoms with Crippen molar-refractivity contribution in [1.29, 1.82) is 0 Å². The lowest BCUT2D eigenvalue weighted by molar-refractivity contribution is -0.385. The predicted molar refractivity (Wildman–Crippen MR) is 89.6 cm³/mol. The summed E-state index contributed by atoms with van der Waals surface area (Å²) in [4.78, 5) is 9.98. The molecule has 1 saturated carbocycles. The van der Waals surface area contributed by atoms with Crippen LogP contribution >= 0.6 is 11.3 Å². The van der Waals surface area contributed by atoms with Crippen molar-refractivity contribution < 1.29 is 13.3 Å². The van der Waals surface area contributed by atoms with Crippen molar-refractivity contribution >= 4 is 32.2 Å². The maximum atomic E-state index is 12.4. The number of hydrogen-bond acceptors (Lipinski definition) is 7. The molecule has 128 valence electrons. The first-order valence-corrected chi connectivity index (χ1v) is 9.86. The Labute approximate surface area is 143 Å². The number of anilines is 1. The Kier molecular flexibility index (Phi) is 4.76. The van der Waals surface area contributed by atoms with Crippen molar-refractivity contribution in [3.63, 3.8) is 0 Å². The molecule has 8 nitrogen and oxygen atoms in total. The van der Waals surface area contributed by atoms with Gasteiger partial charge in [0.1, 0.15) is 5.01 Å². The number of rotatable bonds is 5. The number of hydrogen-bond donors (Lipinski definition) is 1. The average Bonchev–Trinajstić information content (AvgIpc) is 3.03. The Morgan fingerprint density at radius 3 is 2.67 bits per heavy atom. The largest absolute Gasteiger partial charge is 0.270 e. The van der Waals surface area contributed by atoms with Crippen LogP contribution in [0.3, 0.4) is 0 Å². The second-order valence-electron chi connectivity index (χ2n) is 5.64. The van der Waals surface area contributed by atoms with E-state index in [1.54, 1.807) is 0 Å². The quantitative estimate of drug-likeness (QED) is 0.639. The lowest BCUT2D eigenvalue weighted by Crippen LogP contribution is -2.13. The van der Waals surface area contributed by atoms with Crippen molar-refractivity contribution in [2.75, 3.05) is 4.72 Å². The van der Waals surface area contributed by atoms with Gasteiger partial charge in [-0.05, 0) is 18.9 Å². The summed E-state index contributed by atoms with van der Waals surface area (Å²) in [5.41, 5.74) is -0.280. The van der Waals surface area contributed by atoms with Crippen LogP contribution in [0.15, 0.2) is 29.2 Å². The summed E-state index contributed by atoms with van der Waals surface area (Å²) in [6, 6.07) is 4.90. The molecule has 0 atom stereocenters. The van der Waals surface area contributed by atoms with Crippen LogP contribution in [-0.2, 0) is 10.0 Å². The fourth-order valence-corrected chi connectivity index (χ4v) is 4.91. The third-order valence-electron chi connectivity index (χ3n) is 3.96. The van der Waals surface area contributed by atoms with Crippen molar-refractivity contribution in [2.24, 2.45) is 0 Å². The molecule has 0 unspecified atom stereocenters. The third-order valence-corrected chi connectivity index (χ3v) is 6.42. The first-order valence-electron chi connectivity index (χ1n) is 7.56. The summed E-state index contributed by atoms with van der Waals surface area (Å²) < 4.78 is 27.1. The second kappa shape index (κ2) is 6.81. The molecule has 1 aromatic carbocycles. The number of aromatic nitrogens is 2. The molecule has 1 aliphatic carbocycles. The van der Waals surface area contributed by atoms with Crippen molar-refractivity contribution in [3.05, 3.63) is 39.4 Å². The van der Waals surface area contributed by atoms with Gasteiger partial charge in [-0.2, -0.15) is 0 Å². The molecule has 1 aliphatic rings. The Morgan fingerprint density at radius 2 is 1.96 bits per heavy atom. The van der Waals surface area contributed by atoms with Crippen LogP contribution in [0.1, 0.15) is 43.0 Å². The van der Waals surface area contributed by atoms with Gasteiger partial charge >= 0.3 is 0 Å². The molecule has 3 rings (SSSR count). The van der Waals surface area contributed by atoms with Crippen molar-refractivity contribution in [1.82, 2.24) is 10.2 Å². The van der Waals surface area contributed by atoms with Gasteiger partial charge in [0.2, 0.25) is 5.13 Å². The van der Waals surface area contributed by atoms with Gasteiger partial charge in [0.25, 0.3) is 15.7 Å². The number of nitrogens with one attached hydrogen (secondary N) is 1. The van der Waals surface area contributed by atoms with Gasteiger partial charge in [-0.25, -0.2) is 8.42 Å². The molecule has 0 saturated heterocycles. The van der Waals surface area contributed by atoms with Crippen molar-refractivity contribution in [2.45, 2.75) is 42.9 Å². The summed E-state index contributed by atoms with van der Waals surface area (Å²) in [6.45, 7) is 0. The van der Waals surface area contributed by atoms with E-state index in [1.165, 1.54) is 36.0 Å². The first-order chi connectivity index (χ1) is 11.5. The number of nitrogens with zero attached hydrogens (tertiary/aromatic N) is 3. The zero-order valence-corrected chi connectivity index (χ0v) is 14.3. The lowest BCUT2D eigenvalue weighted by atomic mass is 9.90. The highest BCUT2D eigenvalue weighted by atomic mass is 32.2. The maximum absolute atomic E-state index is 12.4. The zero-order valence-electron chi connectivity index (χ0n) is 12.7.